The maximum atomic E-state index is 14.3. The molecule has 29 heavy (non-hydrogen) atoms. The Balaban J connectivity index is 0.00000145. The van der Waals surface area contributed by atoms with Crippen LogP contribution in [0.5, 0.6) is 5.75 Å². The van der Waals surface area contributed by atoms with E-state index in [1.165, 1.54) is 19.2 Å². The highest BCUT2D eigenvalue weighted by Crippen LogP contribution is 2.33. The molecule has 1 heterocycles. The summed E-state index contributed by atoms with van der Waals surface area (Å²) in [6, 6.07) is 8.64. The van der Waals surface area contributed by atoms with Crippen molar-refractivity contribution in [2.75, 3.05) is 13.7 Å². The van der Waals surface area contributed by atoms with Crippen LogP contribution in [0.2, 0.25) is 0 Å². The summed E-state index contributed by atoms with van der Waals surface area (Å²) < 4.78 is 39.0. The standard InChI is InChI=1S/C21H24F2O4.C2H6/c1-12-3-4-13(19-10-16(25)9-17(11-24)27-19)7-15(12)8-14-5-6-18(26-2)21(23)20(14)22;1-2/h3-7,16-17,19,24-25H,8-11H2,1-2H3;1-2H3/t16-,17-,19+;/m0./s1. The molecule has 4 nitrogen and oxygen atoms in total. The number of methoxy groups -OCH3 is 1. The monoisotopic (exact) mass is 408 g/mol. The van der Waals surface area contributed by atoms with Gasteiger partial charge in [-0.05, 0) is 35.2 Å². The van der Waals surface area contributed by atoms with Crippen molar-refractivity contribution in [3.8, 4) is 5.75 Å². The molecule has 0 radical (unpaired) electrons. The van der Waals surface area contributed by atoms with Crippen LogP contribution in [-0.2, 0) is 11.2 Å². The van der Waals surface area contributed by atoms with Gasteiger partial charge in [-0.3, -0.25) is 0 Å². The first-order valence-corrected chi connectivity index (χ1v) is 9.97. The van der Waals surface area contributed by atoms with E-state index in [1.54, 1.807) is 0 Å². The van der Waals surface area contributed by atoms with E-state index in [9.17, 15) is 19.0 Å². The number of aliphatic hydroxyl groups is 2. The molecular weight excluding hydrogens is 378 g/mol. The summed E-state index contributed by atoms with van der Waals surface area (Å²) in [5.41, 5.74) is 2.89. The summed E-state index contributed by atoms with van der Waals surface area (Å²) in [5.74, 6) is -2.03. The van der Waals surface area contributed by atoms with E-state index in [-0.39, 0.29) is 30.4 Å². The number of aliphatic hydroxyl groups excluding tert-OH is 2. The van der Waals surface area contributed by atoms with E-state index in [4.69, 9.17) is 9.47 Å². The van der Waals surface area contributed by atoms with Crippen molar-refractivity contribution in [2.24, 2.45) is 0 Å². The second kappa shape index (κ2) is 10.7. The smallest absolute Gasteiger partial charge is 0.200 e. The molecule has 1 aliphatic heterocycles. The molecule has 0 amide bonds. The van der Waals surface area contributed by atoms with Crippen LogP contribution in [0.4, 0.5) is 8.78 Å². The Morgan fingerprint density at radius 1 is 1.07 bits per heavy atom. The van der Waals surface area contributed by atoms with Crippen molar-refractivity contribution in [3.63, 3.8) is 0 Å². The Hall–Kier alpha value is -2.02. The molecule has 2 aromatic rings. The average Bonchev–Trinajstić information content (AvgIpc) is 2.74. The number of benzene rings is 2. The van der Waals surface area contributed by atoms with Crippen molar-refractivity contribution in [1.82, 2.24) is 0 Å². The molecular formula is C23H30F2O4. The molecule has 3 atom stereocenters. The van der Waals surface area contributed by atoms with Crippen LogP contribution in [-0.4, -0.2) is 36.1 Å². The van der Waals surface area contributed by atoms with E-state index >= 15 is 0 Å². The summed E-state index contributed by atoms with van der Waals surface area (Å²) in [6.07, 6.45) is -0.226. The highest BCUT2D eigenvalue weighted by molar-refractivity contribution is 5.39. The largest absolute Gasteiger partial charge is 0.494 e. The first kappa shape index (κ1) is 23.3. The maximum Gasteiger partial charge on any atom is 0.200 e. The van der Waals surface area contributed by atoms with Gasteiger partial charge in [-0.15, -0.1) is 0 Å². The molecule has 0 unspecified atom stereocenters. The lowest BCUT2D eigenvalue weighted by Gasteiger charge is -2.32. The van der Waals surface area contributed by atoms with Crippen molar-refractivity contribution in [3.05, 3.63) is 64.2 Å². The lowest BCUT2D eigenvalue weighted by molar-refractivity contribution is -0.113. The van der Waals surface area contributed by atoms with Gasteiger partial charge in [0.25, 0.3) is 0 Å². The van der Waals surface area contributed by atoms with Crippen LogP contribution in [0.1, 0.15) is 55.0 Å². The predicted octanol–water partition coefficient (Wildman–Crippen LogP) is 4.47. The molecule has 3 rings (SSSR count). The molecule has 0 aliphatic carbocycles. The maximum absolute atomic E-state index is 14.3. The van der Waals surface area contributed by atoms with Gasteiger partial charge in [-0.1, -0.05) is 38.1 Å². The summed E-state index contributed by atoms with van der Waals surface area (Å²) in [5, 5.41) is 19.4. The van der Waals surface area contributed by atoms with Crippen LogP contribution in [0.25, 0.3) is 0 Å². The molecule has 1 saturated heterocycles. The number of halogens is 2. The first-order chi connectivity index (χ1) is 13.9. The van der Waals surface area contributed by atoms with Crippen molar-refractivity contribution < 1.29 is 28.5 Å². The van der Waals surface area contributed by atoms with Crippen molar-refractivity contribution in [1.29, 1.82) is 0 Å². The van der Waals surface area contributed by atoms with Gasteiger partial charge in [0.2, 0.25) is 5.82 Å². The van der Waals surface area contributed by atoms with Gasteiger partial charge in [0.15, 0.2) is 11.6 Å². The van der Waals surface area contributed by atoms with Gasteiger partial charge in [-0.2, -0.15) is 4.39 Å². The van der Waals surface area contributed by atoms with E-state index in [2.05, 4.69) is 0 Å². The summed E-state index contributed by atoms with van der Waals surface area (Å²) in [7, 11) is 1.30. The summed E-state index contributed by atoms with van der Waals surface area (Å²) >= 11 is 0. The second-order valence-electron chi connectivity index (χ2n) is 6.97. The fourth-order valence-electron chi connectivity index (χ4n) is 3.48. The highest BCUT2D eigenvalue weighted by atomic mass is 19.2. The molecule has 1 aliphatic rings. The minimum absolute atomic E-state index is 0.124. The van der Waals surface area contributed by atoms with Gasteiger partial charge in [0.05, 0.1) is 32.0 Å². The lowest BCUT2D eigenvalue weighted by atomic mass is 9.92. The molecule has 1 fully saturated rings. The molecule has 160 valence electrons. The molecule has 2 N–H and O–H groups in total. The number of hydrogen-bond donors (Lipinski definition) is 2. The van der Waals surface area contributed by atoms with E-state index < -0.39 is 23.8 Å². The van der Waals surface area contributed by atoms with Gasteiger partial charge >= 0.3 is 0 Å². The van der Waals surface area contributed by atoms with Crippen LogP contribution < -0.4 is 4.74 Å². The number of rotatable bonds is 5. The van der Waals surface area contributed by atoms with Gasteiger partial charge in [-0.25, -0.2) is 4.39 Å². The number of hydrogen-bond acceptors (Lipinski definition) is 4. The summed E-state index contributed by atoms with van der Waals surface area (Å²) in [4.78, 5) is 0. The van der Waals surface area contributed by atoms with Gasteiger partial charge in [0.1, 0.15) is 0 Å². The SMILES string of the molecule is CC.COc1ccc(Cc2cc([C@H]3C[C@@H](O)C[C@@H](CO)O3)ccc2C)c(F)c1F. The Bertz CT molecular complexity index is 810. The zero-order chi connectivity index (χ0) is 21.6. The van der Waals surface area contributed by atoms with E-state index in [0.29, 0.717) is 12.8 Å². The molecule has 0 spiro atoms. The fourth-order valence-corrected chi connectivity index (χ4v) is 3.48. The molecule has 2 aromatic carbocycles. The normalized spacial score (nSPS) is 21.3. The third-order valence-corrected chi connectivity index (χ3v) is 5.05. The predicted molar refractivity (Wildman–Crippen MR) is 108 cm³/mol. The van der Waals surface area contributed by atoms with Crippen LogP contribution in [0.3, 0.4) is 0 Å². The number of ether oxygens (including phenoxy) is 2. The fraction of sp³-hybridized carbons (Fsp3) is 0.478. The summed E-state index contributed by atoms with van der Waals surface area (Å²) in [6.45, 7) is 5.76. The topological polar surface area (TPSA) is 58.9 Å². The van der Waals surface area contributed by atoms with Crippen molar-refractivity contribution >= 4 is 0 Å². The third kappa shape index (κ3) is 5.53. The molecule has 0 aromatic heterocycles. The molecule has 6 heteroatoms. The quantitative estimate of drug-likeness (QED) is 0.766. The van der Waals surface area contributed by atoms with Gasteiger partial charge < -0.3 is 19.7 Å². The zero-order valence-corrected chi connectivity index (χ0v) is 17.4. The minimum Gasteiger partial charge on any atom is -0.494 e. The third-order valence-electron chi connectivity index (χ3n) is 5.05. The Kier molecular flexibility index (Phi) is 8.56. The zero-order valence-electron chi connectivity index (χ0n) is 17.4. The average molecular weight is 408 g/mol. The highest BCUT2D eigenvalue weighted by Gasteiger charge is 2.29. The molecule has 0 saturated carbocycles. The molecule has 0 bridgehead atoms. The van der Waals surface area contributed by atoms with E-state index in [1.807, 2.05) is 39.0 Å². The van der Waals surface area contributed by atoms with Crippen LogP contribution in [0.15, 0.2) is 30.3 Å². The first-order valence-electron chi connectivity index (χ1n) is 9.97. The van der Waals surface area contributed by atoms with E-state index in [0.717, 1.165) is 16.7 Å². The Labute approximate surface area is 171 Å². The van der Waals surface area contributed by atoms with Crippen LogP contribution >= 0.6 is 0 Å². The number of aryl methyl sites for hydroxylation is 1. The second-order valence-corrected chi connectivity index (χ2v) is 6.97. The Morgan fingerprint density at radius 2 is 1.79 bits per heavy atom. The minimum atomic E-state index is -0.992. The van der Waals surface area contributed by atoms with Gasteiger partial charge in [0, 0.05) is 19.3 Å². The van der Waals surface area contributed by atoms with Crippen LogP contribution in [0, 0.1) is 18.6 Å². The van der Waals surface area contributed by atoms with Crippen molar-refractivity contribution in [2.45, 2.75) is 58.3 Å². The lowest BCUT2D eigenvalue weighted by Crippen LogP contribution is -2.33. The Morgan fingerprint density at radius 3 is 2.45 bits per heavy atom.